The maximum absolute atomic E-state index is 12.2. The first-order valence-corrected chi connectivity index (χ1v) is 7.05. The summed E-state index contributed by atoms with van der Waals surface area (Å²) in [6.45, 7) is 0.202. The van der Waals surface area contributed by atoms with Gasteiger partial charge in [0.05, 0.1) is 17.6 Å². The first-order valence-electron chi connectivity index (χ1n) is 6.17. The minimum Gasteiger partial charge on any atom is -0.476 e. The third-order valence-corrected chi connectivity index (χ3v) is 3.85. The van der Waals surface area contributed by atoms with Crippen molar-refractivity contribution in [1.29, 1.82) is 0 Å². The largest absolute Gasteiger partial charge is 0.476 e. The Kier molecular flexibility index (Phi) is 3.41. The third kappa shape index (κ3) is 2.63. The van der Waals surface area contributed by atoms with E-state index in [1.165, 1.54) is 16.7 Å². The summed E-state index contributed by atoms with van der Waals surface area (Å²) in [5, 5.41) is 14.5. The van der Waals surface area contributed by atoms with E-state index in [0.717, 1.165) is 10.9 Å². The van der Waals surface area contributed by atoms with Gasteiger partial charge in [-0.05, 0) is 12.1 Å². The number of aromatic carboxylic acids is 1. The maximum Gasteiger partial charge on any atom is 0.355 e. The molecule has 2 aromatic heterocycles. The van der Waals surface area contributed by atoms with Gasteiger partial charge >= 0.3 is 5.97 Å². The quantitative estimate of drug-likeness (QED) is 0.688. The monoisotopic (exact) mass is 301 g/mol. The van der Waals surface area contributed by atoms with Gasteiger partial charge in [-0.2, -0.15) is 0 Å². The van der Waals surface area contributed by atoms with E-state index in [-0.39, 0.29) is 18.1 Å². The first kappa shape index (κ1) is 13.3. The van der Waals surface area contributed by atoms with Crippen LogP contribution in [0.15, 0.2) is 35.8 Å². The summed E-state index contributed by atoms with van der Waals surface area (Å²) in [5.74, 6) is -1.30. The van der Waals surface area contributed by atoms with Crippen molar-refractivity contribution in [2.24, 2.45) is 0 Å². The SMILES string of the molecule is O=C(O)c1csc(CNC(=O)c2cccc3cc[nH]c23)n1. The number of hydrogen-bond acceptors (Lipinski definition) is 4. The summed E-state index contributed by atoms with van der Waals surface area (Å²) >= 11 is 1.21. The number of carbonyl (C=O) groups excluding carboxylic acids is 1. The van der Waals surface area contributed by atoms with Crippen molar-refractivity contribution in [2.45, 2.75) is 6.54 Å². The number of aromatic nitrogens is 2. The molecule has 0 aliphatic rings. The molecular weight excluding hydrogens is 290 g/mol. The molecule has 0 unspecified atom stereocenters. The van der Waals surface area contributed by atoms with Crippen LogP contribution in [0.1, 0.15) is 25.9 Å². The van der Waals surface area contributed by atoms with E-state index in [4.69, 9.17) is 5.11 Å². The first-order chi connectivity index (χ1) is 10.1. The number of nitrogens with one attached hydrogen (secondary N) is 2. The zero-order chi connectivity index (χ0) is 14.8. The highest BCUT2D eigenvalue weighted by Crippen LogP contribution is 2.17. The number of amides is 1. The van der Waals surface area contributed by atoms with Crippen LogP contribution in [-0.2, 0) is 6.54 Å². The fourth-order valence-electron chi connectivity index (χ4n) is 2.02. The molecule has 1 amide bonds. The van der Waals surface area contributed by atoms with E-state index in [1.807, 2.05) is 18.2 Å². The molecule has 0 radical (unpaired) electrons. The Labute approximate surface area is 123 Å². The Balaban J connectivity index is 1.74. The number of carboxylic acids is 1. The van der Waals surface area contributed by atoms with E-state index in [0.29, 0.717) is 10.6 Å². The maximum atomic E-state index is 12.2. The molecule has 3 aromatic rings. The van der Waals surface area contributed by atoms with Crippen LogP contribution in [0.3, 0.4) is 0 Å². The molecule has 3 N–H and O–H groups in total. The van der Waals surface area contributed by atoms with Gasteiger partial charge in [0, 0.05) is 17.0 Å². The minimum atomic E-state index is -1.07. The normalized spacial score (nSPS) is 10.7. The predicted molar refractivity (Wildman–Crippen MR) is 78.5 cm³/mol. The van der Waals surface area contributed by atoms with Crippen LogP contribution in [0, 0.1) is 0 Å². The molecule has 21 heavy (non-hydrogen) atoms. The van der Waals surface area contributed by atoms with Gasteiger partial charge in [0.1, 0.15) is 5.01 Å². The number of aromatic amines is 1. The highest BCUT2D eigenvalue weighted by Gasteiger charge is 2.12. The molecule has 2 heterocycles. The fraction of sp³-hybridized carbons (Fsp3) is 0.0714. The van der Waals surface area contributed by atoms with Crippen LogP contribution < -0.4 is 5.32 Å². The number of para-hydroxylation sites is 1. The number of rotatable bonds is 4. The lowest BCUT2D eigenvalue weighted by atomic mass is 10.1. The van der Waals surface area contributed by atoms with Crippen LogP contribution in [0.5, 0.6) is 0 Å². The van der Waals surface area contributed by atoms with Gasteiger partial charge in [-0.3, -0.25) is 4.79 Å². The highest BCUT2D eigenvalue weighted by atomic mass is 32.1. The van der Waals surface area contributed by atoms with Crippen molar-refractivity contribution in [3.8, 4) is 0 Å². The Hall–Kier alpha value is -2.67. The van der Waals surface area contributed by atoms with Crippen molar-refractivity contribution in [2.75, 3.05) is 0 Å². The van der Waals surface area contributed by atoms with Gasteiger partial charge < -0.3 is 15.4 Å². The molecule has 0 aliphatic heterocycles. The van der Waals surface area contributed by atoms with Gasteiger partial charge in [0.15, 0.2) is 5.69 Å². The molecule has 3 rings (SSSR count). The Bertz CT molecular complexity index is 822. The molecule has 0 atom stereocenters. The summed E-state index contributed by atoms with van der Waals surface area (Å²) in [7, 11) is 0. The number of benzene rings is 1. The predicted octanol–water partition coefficient (Wildman–Crippen LogP) is 2.25. The number of thiazole rings is 1. The number of nitrogens with zero attached hydrogens (tertiary/aromatic N) is 1. The summed E-state index contributed by atoms with van der Waals surface area (Å²) in [4.78, 5) is 29.9. The van der Waals surface area contributed by atoms with E-state index >= 15 is 0 Å². The molecule has 0 saturated carbocycles. The summed E-state index contributed by atoms with van der Waals surface area (Å²) in [5.41, 5.74) is 1.32. The molecule has 106 valence electrons. The fourth-order valence-corrected chi connectivity index (χ4v) is 2.72. The second-order valence-electron chi connectivity index (χ2n) is 4.36. The topological polar surface area (TPSA) is 95.1 Å². The van der Waals surface area contributed by atoms with E-state index in [1.54, 1.807) is 12.3 Å². The lowest BCUT2D eigenvalue weighted by Gasteiger charge is -2.04. The smallest absolute Gasteiger partial charge is 0.355 e. The number of carbonyl (C=O) groups is 2. The van der Waals surface area contributed by atoms with Crippen LogP contribution in [-0.4, -0.2) is 27.0 Å². The molecule has 7 heteroatoms. The van der Waals surface area contributed by atoms with Gasteiger partial charge in [0.2, 0.25) is 0 Å². The number of hydrogen-bond donors (Lipinski definition) is 3. The Morgan fingerprint density at radius 2 is 2.19 bits per heavy atom. The van der Waals surface area contributed by atoms with Gasteiger partial charge in [0.25, 0.3) is 5.91 Å². The summed E-state index contributed by atoms with van der Waals surface area (Å²) < 4.78 is 0. The molecule has 0 aliphatic carbocycles. The number of carboxylic acid groups (broad SMARTS) is 1. The van der Waals surface area contributed by atoms with Crippen molar-refractivity contribution in [1.82, 2.24) is 15.3 Å². The molecule has 6 nitrogen and oxygen atoms in total. The molecule has 1 aromatic carbocycles. The third-order valence-electron chi connectivity index (χ3n) is 3.00. The molecule has 0 bridgehead atoms. The van der Waals surface area contributed by atoms with Crippen molar-refractivity contribution >= 4 is 34.1 Å². The average molecular weight is 301 g/mol. The Morgan fingerprint density at radius 1 is 1.33 bits per heavy atom. The van der Waals surface area contributed by atoms with E-state index in [2.05, 4.69) is 15.3 Å². The number of fused-ring (bicyclic) bond motifs is 1. The Morgan fingerprint density at radius 3 is 2.95 bits per heavy atom. The standard InChI is InChI=1S/C14H11N3O3S/c18-13(9-3-1-2-8-4-5-15-12(8)9)16-6-11-17-10(7-21-11)14(19)20/h1-5,7,15H,6H2,(H,16,18)(H,19,20). The van der Waals surface area contributed by atoms with Gasteiger partial charge in [-0.1, -0.05) is 12.1 Å². The average Bonchev–Trinajstić information content (AvgIpc) is 3.12. The van der Waals surface area contributed by atoms with Crippen LogP contribution >= 0.6 is 11.3 Å². The molecule has 0 saturated heterocycles. The molecular formula is C14H11N3O3S. The molecule has 0 spiro atoms. The zero-order valence-corrected chi connectivity index (χ0v) is 11.6. The van der Waals surface area contributed by atoms with E-state index < -0.39 is 5.97 Å². The van der Waals surface area contributed by atoms with Crippen LogP contribution in [0.25, 0.3) is 10.9 Å². The van der Waals surface area contributed by atoms with E-state index in [9.17, 15) is 9.59 Å². The van der Waals surface area contributed by atoms with Crippen molar-refractivity contribution in [3.05, 3.63) is 52.1 Å². The summed E-state index contributed by atoms with van der Waals surface area (Å²) in [6.07, 6.45) is 1.78. The lowest BCUT2D eigenvalue weighted by Crippen LogP contribution is -2.23. The lowest BCUT2D eigenvalue weighted by molar-refractivity contribution is 0.0691. The van der Waals surface area contributed by atoms with Crippen LogP contribution in [0.4, 0.5) is 0 Å². The molecule has 0 fully saturated rings. The minimum absolute atomic E-state index is 0.00396. The van der Waals surface area contributed by atoms with Gasteiger partial charge in [-0.15, -0.1) is 11.3 Å². The second kappa shape index (κ2) is 5.37. The zero-order valence-electron chi connectivity index (χ0n) is 10.8. The van der Waals surface area contributed by atoms with Gasteiger partial charge in [-0.25, -0.2) is 9.78 Å². The number of H-pyrrole nitrogens is 1. The summed E-state index contributed by atoms with van der Waals surface area (Å²) in [6, 6.07) is 7.37. The second-order valence-corrected chi connectivity index (χ2v) is 5.30. The van der Waals surface area contributed by atoms with Crippen molar-refractivity contribution in [3.63, 3.8) is 0 Å². The van der Waals surface area contributed by atoms with Crippen LogP contribution in [0.2, 0.25) is 0 Å². The highest BCUT2D eigenvalue weighted by molar-refractivity contribution is 7.09. The van der Waals surface area contributed by atoms with Crippen molar-refractivity contribution < 1.29 is 14.7 Å².